The van der Waals surface area contributed by atoms with Crippen molar-refractivity contribution < 1.29 is 9.90 Å². The lowest BCUT2D eigenvalue weighted by Gasteiger charge is -2.30. The summed E-state index contributed by atoms with van der Waals surface area (Å²) in [6.45, 7) is 4.01. The standard InChI is InChI=1S/C16H24N2O2/c1-3-14(12-7-5-4-6-8-12)18-15-10-13(16(19)20)9-11(2)17-15/h9-10,12,14H,3-8H2,1-2H3,(H,17,18)(H,19,20). The molecule has 0 saturated heterocycles. The van der Waals surface area contributed by atoms with Gasteiger partial charge in [0.25, 0.3) is 0 Å². The fourth-order valence-corrected chi connectivity index (χ4v) is 3.15. The smallest absolute Gasteiger partial charge is 0.335 e. The summed E-state index contributed by atoms with van der Waals surface area (Å²) in [5.74, 6) is 0.480. The normalized spacial score (nSPS) is 17.7. The summed E-state index contributed by atoms with van der Waals surface area (Å²) >= 11 is 0. The molecule has 1 heterocycles. The van der Waals surface area contributed by atoms with Gasteiger partial charge in [0.1, 0.15) is 5.82 Å². The van der Waals surface area contributed by atoms with Gasteiger partial charge in [0.15, 0.2) is 0 Å². The molecule has 0 aliphatic heterocycles. The second kappa shape index (κ2) is 6.73. The fraction of sp³-hybridized carbons (Fsp3) is 0.625. The van der Waals surface area contributed by atoms with Crippen molar-refractivity contribution in [2.24, 2.45) is 5.92 Å². The topological polar surface area (TPSA) is 62.2 Å². The van der Waals surface area contributed by atoms with Gasteiger partial charge >= 0.3 is 5.97 Å². The van der Waals surface area contributed by atoms with E-state index in [2.05, 4.69) is 17.2 Å². The van der Waals surface area contributed by atoms with Gasteiger partial charge in [-0.2, -0.15) is 0 Å². The van der Waals surface area contributed by atoms with Gasteiger partial charge in [-0.3, -0.25) is 0 Å². The highest BCUT2D eigenvalue weighted by atomic mass is 16.4. The van der Waals surface area contributed by atoms with Crippen LogP contribution in [0.2, 0.25) is 0 Å². The molecular weight excluding hydrogens is 252 g/mol. The van der Waals surface area contributed by atoms with Crippen molar-refractivity contribution in [3.05, 3.63) is 23.4 Å². The number of pyridine rings is 1. The maximum atomic E-state index is 11.1. The van der Waals surface area contributed by atoms with E-state index in [-0.39, 0.29) is 0 Å². The molecule has 1 fully saturated rings. The van der Waals surface area contributed by atoms with Crippen LogP contribution in [0.15, 0.2) is 12.1 Å². The average molecular weight is 276 g/mol. The Hall–Kier alpha value is -1.58. The molecule has 2 N–H and O–H groups in total. The predicted molar refractivity (Wildman–Crippen MR) is 80.2 cm³/mol. The summed E-state index contributed by atoms with van der Waals surface area (Å²) in [6.07, 6.45) is 7.54. The minimum Gasteiger partial charge on any atom is -0.478 e. The number of hydrogen-bond acceptors (Lipinski definition) is 3. The molecular formula is C16H24N2O2. The Morgan fingerprint density at radius 3 is 2.70 bits per heavy atom. The molecule has 1 aromatic heterocycles. The minimum absolute atomic E-state index is 0.304. The summed E-state index contributed by atoms with van der Waals surface area (Å²) in [5, 5.41) is 12.6. The van der Waals surface area contributed by atoms with Crippen LogP contribution in [0.4, 0.5) is 5.82 Å². The Labute approximate surface area is 120 Å². The van der Waals surface area contributed by atoms with Crippen molar-refractivity contribution in [1.29, 1.82) is 0 Å². The molecule has 1 saturated carbocycles. The predicted octanol–water partition coefficient (Wildman–Crippen LogP) is 3.86. The largest absolute Gasteiger partial charge is 0.478 e. The van der Waals surface area contributed by atoms with Gasteiger partial charge < -0.3 is 10.4 Å². The lowest BCUT2D eigenvalue weighted by molar-refractivity contribution is 0.0696. The van der Waals surface area contributed by atoms with E-state index in [9.17, 15) is 4.79 Å². The first kappa shape index (κ1) is 14.8. The first-order valence-electron chi connectivity index (χ1n) is 7.58. The number of aromatic nitrogens is 1. The van der Waals surface area contributed by atoms with Crippen molar-refractivity contribution in [3.8, 4) is 0 Å². The first-order valence-corrected chi connectivity index (χ1v) is 7.58. The van der Waals surface area contributed by atoms with Gasteiger partial charge in [0.2, 0.25) is 0 Å². The molecule has 1 unspecified atom stereocenters. The first-order chi connectivity index (χ1) is 9.60. The third-order valence-electron chi connectivity index (χ3n) is 4.19. The summed E-state index contributed by atoms with van der Waals surface area (Å²) in [7, 11) is 0. The number of carboxylic acids is 1. The number of carbonyl (C=O) groups is 1. The molecule has 110 valence electrons. The van der Waals surface area contributed by atoms with E-state index in [1.807, 2.05) is 6.92 Å². The summed E-state index contributed by atoms with van der Waals surface area (Å²) in [4.78, 5) is 15.5. The van der Waals surface area contributed by atoms with Crippen molar-refractivity contribution in [2.45, 2.75) is 58.4 Å². The molecule has 0 amide bonds. The van der Waals surface area contributed by atoms with E-state index in [1.165, 1.54) is 32.1 Å². The van der Waals surface area contributed by atoms with Gasteiger partial charge in [-0.1, -0.05) is 26.2 Å². The maximum absolute atomic E-state index is 11.1. The summed E-state index contributed by atoms with van der Waals surface area (Å²) in [6, 6.07) is 3.64. The molecule has 2 rings (SSSR count). The van der Waals surface area contributed by atoms with E-state index >= 15 is 0 Å². The van der Waals surface area contributed by atoms with Gasteiger partial charge in [0, 0.05) is 11.7 Å². The number of aromatic carboxylic acids is 1. The Morgan fingerprint density at radius 1 is 1.40 bits per heavy atom. The lowest BCUT2D eigenvalue weighted by Crippen LogP contribution is -2.30. The minimum atomic E-state index is -0.899. The highest BCUT2D eigenvalue weighted by molar-refractivity contribution is 5.88. The van der Waals surface area contributed by atoms with E-state index in [1.54, 1.807) is 12.1 Å². The Morgan fingerprint density at radius 2 is 2.10 bits per heavy atom. The zero-order valence-electron chi connectivity index (χ0n) is 12.4. The van der Waals surface area contributed by atoms with Crippen molar-refractivity contribution >= 4 is 11.8 Å². The van der Waals surface area contributed by atoms with Crippen molar-refractivity contribution in [3.63, 3.8) is 0 Å². The second-order valence-corrected chi connectivity index (χ2v) is 5.74. The number of hydrogen-bond donors (Lipinski definition) is 2. The molecule has 4 nitrogen and oxygen atoms in total. The molecule has 0 aromatic carbocycles. The highest BCUT2D eigenvalue weighted by Crippen LogP contribution is 2.29. The lowest BCUT2D eigenvalue weighted by atomic mass is 9.83. The second-order valence-electron chi connectivity index (χ2n) is 5.74. The molecule has 1 atom stereocenters. The van der Waals surface area contributed by atoms with Crippen molar-refractivity contribution in [2.75, 3.05) is 5.32 Å². The molecule has 0 spiro atoms. The van der Waals surface area contributed by atoms with Crippen LogP contribution in [0.3, 0.4) is 0 Å². The summed E-state index contributed by atoms with van der Waals surface area (Å²) in [5.41, 5.74) is 1.05. The number of rotatable bonds is 5. The number of carboxylic acid groups (broad SMARTS) is 1. The van der Waals surface area contributed by atoms with Crippen LogP contribution in [0.25, 0.3) is 0 Å². The molecule has 1 aliphatic rings. The Kier molecular flexibility index (Phi) is 4.99. The van der Waals surface area contributed by atoms with E-state index in [4.69, 9.17) is 5.11 Å². The Balaban J connectivity index is 2.12. The number of anilines is 1. The van der Waals surface area contributed by atoms with Crippen LogP contribution in [0, 0.1) is 12.8 Å². The molecule has 1 aromatic rings. The van der Waals surface area contributed by atoms with E-state index < -0.39 is 5.97 Å². The van der Waals surface area contributed by atoms with Crippen LogP contribution >= 0.6 is 0 Å². The van der Waals surface area contributed by atoms with Gasteiger partial charge in [-0.15, -0.1) is 0 Å². The van der Waals surface area contributed by atoms with Gasteiger partial charge in [-0.25, -0.2) is 9.78 Å². The third kappa shape index (κ3) is 3.71. The molecule has 4 heteroatoms. The number of aryl methyl sites for hydroxylation is 1. The molecule has 20 heavy (non-hydrogen) atoms. The molecule has 1 aliphatic carbocycles. The van der Waals surface area contributed by atoms with Crippen LogP contribution in [0.5, 0.6) is 0 Å². The van der Waals surface area contributed by atoms with Crippen LogP contribution in [0.1, 0.15) is 61.5 Å². The van der Waals surface area contributed by atoms with Crippen LogP contribution in [-0.2, 0) is 0 Å². The SMILES string of the molecule is CCC(Nc1cc(C(=O)O)cc(C)n1)C1CCCCC1. The monoisotopic (exact) mass is 276 g/mol. The fourth-order valence-electron chi connectivity index (χ4n) is 3.15. The third-order valence-corrected chi connectivity index (χ3v) is 4.19. The van der Waals surface area contributed by atoms with E-state index in [0.717, 1.165) is 12.1 Å². The molecule has 0 radical (unpaired) electrons. The van der Waals surface area contributed by atoms with E-state index in [0.29, 0.717) is 23.3 Å². The number of nitrogens with zero attached hydrogens (tertiary/aromatic N) is 1. The van der Waals surface area contributed by atoms with Crippen LogP contribution < -0.4 is 5.32 Å². The van der Waals surface area contributed by atoms with Gasteiger partial charge in [0.05, 0.1) is 5.56 Å². The average Bonchev–Trinajstić information content (AvgIpc) is 2.45. The quantitative estimate of drug-likeness (QED) is 0.857. The van der Waals surface area contributed by atoms with Crippen molar-refractivity contribution in [1.82, 2.24) is 4.98 Å². The zero-order chi connectivity index (χ0) is 14.5. The van der Waals surface area contributed by atoms with Gasteiger partial charge in [-0.05, 0) is 44.2 Å². The zero-order valence-corrected chi connectivity index (χ0v) is 12.4. The van der Waals surface area contributed by atoms with Crippen LogP contribution in [-0.4, -0.2) is 22.1 Å². The Bertz CT molecular complexity index is 468. The highest BCUT2D eigenvalue weighted by Gasteiger charge is 2.22. The number of nitrogens with one attached hydrogen (secondary N) is 1. The summed E-state index contributed by atoms with van der Waals surface area (Å²) < 4.78 is 0. The molecule has 0 bridgehead atoms. The maximum Gasteiger partial charge on any atom is 0.335 e.